The van der Waals surface area contributed by atoms with Gasteiger partial charge in [-0.2, -0.15) is 0 Å². The first-order chi connectivity index (χ1) is 12.4. The second-order valence-corrected chi connectivity index (χ2v) is 6.29. The van der Waals surface area contributed by atoms with E-state index in [9.17, 15) is 14.7 Å². The molecule has 1 aromatic heterocycles. The van der Waals surface area contributed by atoms with Crippen molar-refractivity contribution < 1.29 is 24.2 Å². The molecular weight excluding hydrogens is 382 g/mol. The molecule has 0 aliphatic carbocycles. The van der Waals surface area contributed by atoms with E-state index in [1.807, 2.05) is 0 Å². The molecule has 2 rings (SSSR count). The van der Waals surface area contributed by atoms with Crippen LogP contribution in [0.5, 0.6) is 0 Å². The number of halogens is 1. The van der Waals surface area contributed by atoms with Crippen molar-refractivity contribution >= 4 is 40.9 Å². The third-order valence-corrected chi connectivity index (χ3v) is 4.22. The summed E-state index contributed by atoms with van der Waals surface area (Å²) >= 11 is 6.92. The number of anilines is 1. The van der Waals surface area contributed by atoms with Crippen molar-refractivity contribution in [3.05, 3.63) is 46.7 Å². The lowest BCUT2D eigenvalue weighted by Crippen LogP contribution is -2.16. The quantitative estimate of drug-likeness (QED) is 0.397. The minimum Gasteiger partial charge on any atom is -0.478 e. The highest BCUT2D eigenvalue weighted by Crippen LogP contribution is 2.23. The first-order valence-corrected chi connectivity index (χ1v) is 8.65. The number of hydrogen-bond acceptors (Lipinski definition) is 7. The number of carbonyl (C=O) groups excluding carboxylic acids is 1. The molecule has 10 heteroatoms. The average molecular weight is 398 g/mol. The molecule has 0 aliphatic heterocycles. The Labute approximate surface area is 158 Å². The van der Waals surface area contributed by atoms with E-state index in [0.717, 1.165) is 18.0 Å². The van der Waals surface area contributed by atoms with Crippen molar-refractivity contribution in [2.75, 3.05) is 25.3 Å². The van der Waals surface area contributed by atoms with Crippen LogP contribution < -0.4 is 5.32 Å². The zero-order valence-corrected chi connectivity index (χ0v) is 15.5. The molecule has 1 amide bonds. The van der Waals surface area contributed by atoms with E-state index in [0.29, 0.717) is 10.7 Å². The molecule has 2 N–H and O–H groups in total. The van der Waals surface area contributed by atoms with Crippen molar-refractivity contribution in [2.24, 2.45) is 0 Å². The van der Waals surface area contributed by atoms with Gasteiger partial charge in [0.05, 0.1) is 5.75 Å². The summed E-state index contributed by atoms with van der Waals surface area (Å²) in [4.78, 5) is 31.4. The number of rotatable bonds is 8. The molecule has 2 aromatic rings. The molecule has 138 valence electrons. The molecule has 0 spiro atoms. The number of thioether (sulfide) groups is 1. The third-order valence-electron chi connectivity index (χ3n) is 3.12. The van der Waals surface area contributed by atoms with Gasteiger partial charge in [0.15, 0.2) is 5.16 Å². The van der Waals surface area contributed by atoms with Gasteiger partial charge in [-0.15, -0.1) is 0 Å². The number of carboxylic acid groups (broad SMARTS) is 1. The van der Waals surface area contributed by atoms with Crippen molar-refractivity contribution in [1.29, 1.82) is 0 Å². The minimum absolute atomic E-state index is 0.0308. The van der Waals surface area contributed by atoms with Crippen LogP contribution in [0.4, 0.5) is 5.69 Å². The SMILES string of the molecule is COC(OC)c1nc(SCC(=O)Nc2cccc(Cl)c2)ncc1C(=O)O. The van der Waals surface area contributed by atoms with Gasteiger partial charge in [-0.05, 0) is 18.2 Å². The molecule has 0 saturated heterocycles. The van der Waals surface area contributed by atoms with Crippen molar-refractivity contribution in [1.82, 2.24) is 9.97 Å². The number of nitrogens with one attached hydrogen (secondary N) is 1. The van der Waals surface area contributed by atoms with Gasteiger partial charge in [-0.25, -0.2) is 14.8 Å². The van der Waals surface area contributed by atoms with Crippen LogP contribution in [-0.2, 0) is 14.3 Å². The van der Waals surface area contributed by atoms with Crippen LogP contribution in [0.15, 0.2) is 35.6 Å². The van der Waals surface area contributed by atoms with E-state index < -0.39 is 12.3 Å². The molecule has 26 heavy (non-hydrogen) atoms. The molecule has 8 nitrogen and oxygen atoms in total. The molecule has 1 aromatic carbocycles. The number of ether oxygens (including phenoxy) is 2. The summed E-state index contributed by atoms with van der Waals surface area (Å²) < 4.78 is 10.1. The van der Waals surface area contributed by atoms with E-state index in [1.165, 1.54) is 14.2 Å². The van der Waals surface area contributed by atoms with Crippen LogP contribution in [0.1, 0.15) is 22.3 Å². The lowest BCUT2D eigenvalue weighted by molar-refractivity contribution is -0.113. The first kappa shape index (κ1) is 20.1. The lowest BCUT2D eigenvalue weighted by Gasteiger charge is -2.15. The molecule has 0 bridgehead atoms. The Morgan fingerprint density at radius 1 is 1.35 bits per heavy atom. The number of hydrogen-bond donors (Lipinski definition) is 2. The number of carboxylic acids is 1. The molecule has 0 unspecified atom stereocenters. The van der Waals surface area contributed by atoms with E-state index in [2.05, 4.69) is 15.3 Å². The molecule has 0 saturated carbocycles. The molecule has 0 radical (unpaired) electrons. The topological polar surface area (TPSA) is 111 Å². The monoisotopic (exact) mass is 397 g/mol. The summed E-state index contributed by atoms with van der Waals surface area (Å²) in [6.45, 7) is 0. The summed E-state index contributed by atoms with van der Waals surface area (Å²) in [6.07, 6.45) is 0.205. The fourth-order valence-electron chi connectivity index (χ4n) is 2.00. The number of nitrogens with zero attached hydrogens (tertiary/aromatic N) is 2. The second kappa shape index (κ2) is 9.48. The zero-order valence-electron chi connectivity index (χ0n) is 13.9. The first-order valence-electron chi connectivity index (χ1n) is 7.28. The van der Waals surface area contributed by atoms with E-state index in [-0.39, 0.29) is 28.1 Å². The van der Waals surface area contributed by atoms with Gasteiger partial charge in [0.2, 0.25) is 12.2 Å². The Balaban J connectivity index is 2.08. The molecule has 0 aliphatic rings. The second-order valence-electron chi connectivity index (χ2n) is 4.91. The molecule has 0 fully saturated rings. The maximum atomic E-state index is 12.0. The van der Waals surface area contributed by atoms with Crippen LogP contribution in [0.2, 0.25) is 5.02 Å². The number of aromatic nitrogens is 2. The van der Waals surface area contributed by atoms with Crippen molar-refractivity contribution in [3.63, 3.8) is 0 Å². The third kappa shape index (κ3) is 5.40. The summed E-state index contributed by atoms with van der Waals surface area (Å²) in [5, 5.41) is 12.7. The number of carbonyl (C=O) groups is 2. The predicted octanol–water partition coefficient (Wildman–Crippen LogP) is 2.85. The molecule has 0 atom stereocenters. The maximum Gasteiger partial charge on any atom is 0.339 e. The average Bonchev–Trinajstić information content (AvgIpc) is 2.61. The normalized spacial score (nSPS) is 10.8. The van der Waals surface area contributed by atoms with E-state index in [1.54, 1.807) is 24.3 Å². The minimum atomic E-state index is -1.20. The van der Waals surface area contributed by atoms with E-state index >= 15 is 0 Å². The van der Waals surface area contributed by atoms with Crippen LogP contribution in [0, 0.1) is 0 Å². The van der Waals surface area contributed by atoms with Crippen LogP contribution in [-0.4, -0.2) is 46.9 Å². The molecular formula is C16H16ClN3O5S. The highest BCUT2D eigenvalue weighted by Gasteiger charge is 2.22. The van der Waals surface area contributed by atoms with Crippen LogP contribution in [0.25, 0.3) is 0 Å². The summed E-state index contributed by atoms with van der Waals surface area (Å²) in [7, 11) is 2.74. The smallest absolute Gasteiger partial charge is 0.339 e. The van der Waals surface area contributed by atoms with Gasteiger partial charge >= 0.3 is 5.97 Å². The highest BCUT2D eigenvalue weighted by molar-refractivity contribution is 7.99. The van der Waals surface area contributed by atoms with Crippen molar-refractivity contribution in [2.45, 2.75) is 11.4 Å². The molecule has 1 heterocycles. The number of aromatic carboxylic acids is 1. The van der Waals surface area contributed by atoms with Crippen LogP contribution in [0.3, 0.4) is 0 Å². The van der Waals surface area contributed by atoms with Crippen LogP contribution >= 0.6 is 23.4 Å². The fourth-order valence-corrected chi connectivity index (χ4v) is 2.82. The van der Waals surface area contributed by atoms with Gasteiger partial charge in [0.25, 0.3) is 0 Å². The number of methoxy groups -OCH3 is 2. The Morgan fingerprint density at radius 3 is 2.69 bits per heavy atom. The van der Waals surface area contributed by atoms with Gasteiger partial charge in [0.1, 0.15) is 11.3 Å². The van der Waals surface area contributed by atoms with Gasteiger partial charge in [0, 0.05) is 31.1 Å². The van der Waals surface area contributed by atoms with Gasteiger partial charge < -0.3 is 19.9 Å². The maximum absolute atomic E-state index is 12.0. The standard InChI is InChI=1S/C16H16ClN3O5S/c1-24-15(25-2)13-11(14(22)23)7-18-16(20-13)26-8-12(21)19-10-5-3-4-9(17)6-10/h3-7,15H,8H2,1-2H3,(H,19,21)(H,22,23). The summed E-state index contributed by atoms with van der Waals surface area (Å²) in [5.74, 6) is -1.45. The Hall–Kier alpha value is -2.20. The Kier molecular flexibility index (Phi) is 7.34. The number of benzene rings is 1. The van der Waals surface area contributed by atoms with Gasteiger partial charge in [-0.3, -0.25) is 4.79 Å². The summed E-state index contributed by atoms with van der Waals surface area (Å²) in [6, 6.07) is 6.77. The predicted molar refractivity (Wildman–Crippen MR) is 96.6 cm³/mol. The largest absolute Gasteiger partial charge is 0.478 e. The van der Waals surface area contributed by atoms with Gasteiger partial charge in [-0.1, -0.05) is 29.4 Å². The Morgan fingerprint density at radius 2 is 2.08 bits per heavy atom. The highest BCUT2D eigenvalue weighted by atomic mass is 35.5. The Bertz CT molecular complexity index is 801. The van der Waals surface area contributed by atoms with Crippen molar-refractivity contribution in [3.8, 4) is 0 Å². The lowest BCUT2D eigenvalue weighted by atomic mass is 10.2. The zero-order chi connectivity index (χ0) is 19.1. The van der Waals surface area contributed by atoms with E-state index in [4.69, 9.17) is 21.1 Å². The fraction of sp³-hybridized carbons (Fsp3) is 0.250. The number of amides is 1. The summed E-state index contributed by atoms with van der Waals surface area (Å²) in [5.41, 5.74) is 0.520.